The van der Waals surface area contributed by atoms with Gasteiger partial charge in [0, 0.05) is 17.8 Å². The molecule has 1 aromatic carbocycles. The van der Waals surface area contributed by atoms with Crippen molar-refractivity contribution in [1.82, 2.24) is 16.0 Å². The molecule has 120 valence electrons. The number of benzene rings is 1. The zero-order valence-electron chi connectivity index (χ0n) is 12.5. The molecular formula is C15H21ClN4O2. The van der Waals surface area contributed by atoms with Crippen LogP contribution in [0.25, 0.3) is 0 Å². The van der Waals surface area contributed by atoms with Crippen molar-refractivity contribution in [1.29, 1.82) is 0 Å². The summed E-state index contributed by atoms with van der Waals surface area (Å²) in [5.74, 6) is 0. The van der Waals surface area contributed by atoms with Crippen molar-refractivity contribution < 1.29 is 9.59 Å². The average molecular weight is 325 g/mol. The Morgan fingerprint density at radius 3 is 2.32 bits per heavy atom. The second-order valence-corrected chi connectivity index (χ2v) is 5.77. The van der Waals surface area contributed by atoms with Crippen LogP contribution in [-0.4, -0.2) is 31.2 Å². The van der Waals surface area contributed by atoms with Crippen LogP contribution in [0.15, 0.2) is 24.3 Å². The predicted octanol–water partition coefficient (Wildman–Crippen LogP) is 2.70. The van der Waals surface area contributed by atoms with E-state index in [1.165, 1.54) is 0 Å². The number of anilines is 1. The summed E-state index contributed by atoms with van der Waals surface area (Å²) >= 11 is 5.89. The Hall–Kier alpha value is -1.95. The molecule has 4 amide bonds. The highest BCUT2D eigenvalue weighted by Crippen LogP contribution is 2.19. The van der Waals surface area contributed by atoms with Crippen LogP contribution in [0.5, 0.6) is 0 Å². The molecule has 0 spiro atoms. The number of hydrogen-bond donors (Lipinski definition) is 4. The van der Waals surface area contributed by atoms with E-state index in [2.05, 4.69) is 21.3 Å². The van der Waals surface area contributed by atoms with Gasteiger partial charge in [-0.1, -0.05) is 30.5 Å². The molecule has 0 aromatic heterocycles. The van der Waals surface area contributed by atoms with Gasteiger partial charge in [-0.3, -0.25) is 0 Å². The van der Waals surface area contributed by atoms with E-state index >= 15 is 0 Å². The molecule has 0 bridgehead atoms. The fourth-order valence-electron chi connectivity index (χ4n) is 2.62. The Balaban J connectivity index is 1.91. The monoisotopic (exact) mass is 324 g/mol. The van der Waals surface area contributed by atoms with Crippen molar-refractivity contribution in [3.05, 3.63) is 29.3 Å². The summed E-state index contributed by atoms with van der Waals surface area (Å²) in [4.78, 5) is 23.6. The fraction of sp³-hybridized carbons (Fsp3) is 0.467. The normalized spacial score (nSPS) is 20.8. The van der Waals surface area contributed by atoms with Crippen molar-refractivity contribution in [3.63, 3.8) is 0 Å². The van der Waals surface area contributed by atoms with Crippen LogP contribution >= 0.6 is 11.6 Å². The number of hydrogen-bond acceptors (Lipinski definition) is 2. The maximum Gasteiger partial charge on any atom is 0.319 e. The van der Waals surface area contributed by atoms with Crippen molar-refractivity contribution in [2.75, 3.05) is 12.4 Å². The van der Waals surface area contributed by atoms with Crippen LogP contribution in [0.3, 0.4) is 0 Å². The number of amides is 4. The van der Waals surface area contributed by atoms with Gasteiger partial charge in [0.25, 0.3) is 0 Å². The van der Waals surface area contributed by atoms with Gasteiger partial charge in [-0.25, -0.2) is 9.59 Å². The minimum absolute atomic E-state index is 0.0567. The molecular weight excluding hydrogens is 304 g/mol. The third-order valence-electron chi connectivity index (χ3n) is 3.71. The molecule has 22 heavy (non-hydrogen) atoms. The first-order chi connectivity index (χ1) is 10.6. The summed E-state index contributed by atoms with van der Waals surface area (Å²) in [6.07, 6.45) is 3.78. The molecule has 4 N–H and O–H groups in total. The van der Waals surface area contributed by atoms with Crippen LogP contribution in [-0.2, 0) is 0 Å². The number of carbonyl (C=O) groups excluding carboxylic acids is 2. The molecule has 1 fully saturated rings. The van der Waals surface area contributed by atoms with Gasteiger partial charge in [0.2, 0.25) is 0 Å². The first-order valence-corrected chi connectivity index (χ1v) is 7.77. The van der Waals surface area contributed by atoms with E-state index in [0.717, 1.165) is 25.7 Å². The quantitative estimate of drug-likeness (QED) is 0.689. The van der Waals surface area contributed by atoms with Crippen molar-refractivity contribution in [2.24, 2.45) is 0 Å². The van der Waals surface area contributed by atoms with Gasteiger partial charge in [-0.05, 0) is 31.0 Å². The second kappa shape index (κ2) is 7.89. The molecule has 1 saturated carbocycles. The summed E-state index contributed by atoms with van der Waals surface area (Å²) < 4.78 is 0. The molecule has 2 atom stereocenters. The molecule has 7 heteroatoms. The molecule has 0 aliphatic heterocycles. The average Bonchev–Trinajstić information content (AvgIpc) is 2.49. The summed E-state index contributed by atoms with van der Waals surface area (Å²) in [6.45, 7) is 0. The Morgan fingerprint density at radius 1 is 1.09 bits per heavy atom. The van der Waals surface area contributed by atoms with E-state index in [1.54, 1.807) is 31.3 Å². The lowest BCUT2D eigenvalue weighted by atomic mass is 9.90. The number of urea groups is 2. The second-order valence-electron chi connectivity index (χ2n) is 5.33. The highest BCUT2D eigenvalue weighted by molar-refractivity contribution is 6.30. The summed E-state index contributed by atoms with van der Waals surface area (Å²) in [6, 6.07) is 6.31. The molecule has 0 heterocycles. The van der Waals surface area contributed by atoms with Gasteiger partial charge in [0.05, 0.1) is 12.1 Å². The minimum Gasteiger partial charge on any atom is -0.341 e. The SMILES string of the molecule is CNC(=O)NC1CCCCC1NC(=O)Nc1cccc(Cl)c1. The molecule has 2 rings (SSSR count). The van der Waals surface area contributed by atoms with Crippen LogP contribution < -0.4 is 21.3 Å². The van der Waals surface area contributed by atoms with Gasteiger partial charge in [0.15, 0.2) is 0 Å². The molecule has 6 nitrogen and oxygen atoms in total. The van der Waals surface area contributed by atoms with Crippen molar-refractivity contribution in [3.8, 4) is 0 Å². The minimum atomic E-state index is -0.294. The van der Waals surface area contributed by atoms with Gasteiger partial charge in [-0.15, -0.1) is 0 Å². The topological polar surface area (TPSA) is 82.3 Å². The smallest absolute Gasteiger partial charge is 0.319 e. The van der Waals surface area contributed by atoms with Gasteiger partial charge >= 0.3 is 12.1 Å². The van der Waals surface area contributed by atoms with Gasteiger partial charge in [-0.2, -0.15) is 0 Å². The third-order valence-corrected chi connectivity index (χ3v) is 3.94. The molecule has 1 aliphatic carbocycles. The Morgan fingerprint density at radius 2 is 1.73 bits per heavy atom. The first kappa shape index (κ1) is 16.4. The van der Waals surface area contributed by atoms with Crippen LogP contribution in [0, 0.1) is 0 Å². The van der Waals surface area contributed by atoms with Crippen LogP contribution in [0.2, 0.25) is 5.02 Å². The number of rotatable bonds is 3. The van der Waals surface area contributed by atoms with E-state index < -0.39 is 0 Å². The lowest BCUT2D eigenvalue weighted by Gasteiger charge is -2.32. The number of halogens is 1. The molecule has 1 aliphatic rings. The van der Waals surface area contributed by atoms with E-state index in [0.29, 0.717) is 10.7 Å². The summed E-state index contributed by atoms with van der Waals surface area (Å²) in [5.41, 5.74) is 0.636. The lowest BCUT2D eigenvalue weighted by molar-refractivity contribution is 0.220. The van der Waals surface area contributed by atoms with Gasteiger partial charge in [0.1, 0.15) is 0 Å². The summed E-state index contributed by atoms with van der Waals surface area (Å²) in [7, 11) is 1.58. The predicted molar refractivity (Wildman–Crippen MR) is 87.2 cm³/mol. The third kappa shape index (κ3) is 4.80. The Labute approximate surface area is 135 Å². The maximum absolute atomic E-state index is 12.1. The van der Waals surface area contributed by atoms with E-state index in [1.807, 2.05) is 0 Å². The number of carbonyl (C=O) groups is 2. The fourth-order valence-corrected chi connectivity index (χ4v) is 2.81. The molecule has 2 unspecified atom stereocenters. The highest BCUT2D eigenvalue weighted by Gasteiger charge is 2.27. The van der Waals surface area contributed by atoms with Crippen molar-refractivity contribution >= 4 is 29.4 Å². The Kier molecular flexibility index (Phi) is 5.89. The summed E-state index contributed by atoms with van der Waals surface area (Å²) in [5, 5.41) is 11.7. The zero-order valence-corrected chi connectivity index (χ0v) is 13.2. The molecule has 1 aromatic rings. The highest BCUT2D eigenvalue weighted by atomic mass is 35.5. The first-order valence-electron chi connectivity index (χ1n) is 7.40. The van der Waals surface area contributed by atoms with E-state index in [-0.39, 0.29) is 24.1 Å². The lowest BCUT2D eigenvalue weighted by Crippen LogP contribution is -2.55. The largest absolute Gasteiger partial charge is 0.341 e. The molecule has 0 radical (unpaired) electrons. The van der Waals surface area contributed by atoms with Crippen molar-refractivity contribution in [2.45, 2.75) is 37.8 Å². The van der Waals surface area contributed by atoms with Crippen LogP contribution in [0.1, 0.15) is 25.7 Å². The van der Waals surface area contributed by atoms with E-state index in [4.69, 9.17) is 11.6 Å². The van der Waals surface area contributed by atoms with E-state index in [9.17, 15) is 9.59 Å². The number of nitrogens with one attached hydrogen (secondary N) is 4. The Bertz CT molecular complexity index is 538. The van der Waals surface area contributed by atoms with Crippen LogP contribution in [0.4, 0.5) is 15.3 Å². The maximum atomic E-state index is 12.1. The standard InChI is InChI=1S/C15H21ClN4O2/c1-17-14(21)19-12-7-2-3-8-13(12)20-15(22)18-11-6-4-5-10(16)9-11/h4-6,9,12-13H,2-3,7-8H2,1H3,(H2,17,19,21)(H2,18,20,22). The zero-order chi connectivity index (χ0) is 15.9. The molecule has 0 saturated heterocycles. The van der Waals surface area contributed by atoms with Gasteiger partial charge < -0.3 is 21.3 Å².